The van der Waals surface area contributed by atoms with E-state index in [2.05, 4.69) is 22.8 Å². The molecule has 0 amide bonds. The Bertz CT molecular complexity index is 1110. The predicted molar refractivity (Wildman–Crippen MR) is 113 cm³/mol. The highest BCUT2D eigenvalue weighted by Crippen LogP contribution is 2.36. The fraction of sp³-hybridized carbons (Fsp3) is 0.238. The minimum atomic E-state index is -0.404. The van der Waals surface area contributed by atoms with Crippen LogP contribution in [0.2, 0.25) is 0 Å². The molecule has 30 heavy (non-hydrogen) atoms. The van der Waals surface area contributed by atoms with Crippen molar-refractivity contribution in [1.29, 1.82) is 0 Å². The lowest BCUT2D eigenvalue weighted by molar-refractivity contribution is -0.385. The molecule has 1 aliphatic rings. The van der Waals surface area contributed by atoms with E-state index in [4.69, 9.17) is 9.47 Å². The molecule has 2 aromatic carbocycles. The summed E-state index contributed by atoms with van der Waals surface area (Å²) in [6.07, 6.45) is 1.79. The van der Waals surface area contributed by atoms with E-state index in [1.807, 2.05) is 29.7 Å². The summed E-state index contributed by atoms with van der Waals surface area (Å²) in [5, 5.41) is 20.8. The zero-order valence-electron chi connectivity index (χ0n) is 16.4. The van der Waals surface area contributed by atoms with Crippen LogP contribution in [0.1, 0.15) is 16.7 Å². The maximum absolute atomic E-state index is 11.3. The van der Waals surface area contributed by atoms with Crippen molar-refractivity contribution in [2.45, 2.75) is 31.0 Å². The molecule has 0 atom stereocenters. The third-order valence-electron chi connectivity index (χ3n) is 4.64. The number of allylic oxidation sites excluding steroid dienone is 1. The molecule has 9 heteroatoms. The third kappa shape index (κ3) is 4.07. The van der Waals surface area contributed by atoms with Gasteiger partial charge in [0.15, 0.2) is 17.8 Å². The molecular weight excluding hydrogens is 404 g/mol. The molecule has 0 saturated carbocycles. The fourth-order valence-electron chi connectivity index (χ4n) is 3.32. The molecule has 0 radical (unpaired) electrons. The molecule has 0 aliphatic carbocycles. The van der Waals surface area contributed by atoms with Crippen LogP contribution in [0.5, 0.6) is 5.75 Å². The van der Waals surface area contributed by atoms with Gasteiger partial charge in [0.1, 0.15) is 5.75 Å². The van der Waals surface area contributed by atoms with Gasteiger partial charge in [-0.2, -0.15) is 0 Å². The van der Waals surface area contributed by atoms with Crippen LogP contribution >= 0.6 is 11.8 Å². The summed E-state index contributed by atoms with van der Waals surface area (Å²) in [5.74, 6) is 1.85. The first kappa shape index (κ1) is 20.1. The van der Waals surface area contributed by atoms with Crippen LogP contribution in [-0.2, 0) is 23.6 Å². The number of nitro benzene ring substituents is 1. The first-order valence-corrected chi connectivity index (χ1v) is 10.3. The number of benzene rings is 2. The topological polar surface area (TPSA) is 92.3 Å². The molecule has 8 nitrogen and oxygen atoms in total. The Morgan fingerprint density at radius 2 is 2.20 bits per heavy atom. The quantitative estimate of drug-likeness (QED) is 0.238. The Morgan fingerprint density at radius 3 is 2.97 bits per heavy atom. The number of hydrogen-bond acceptors (Lipinski definition) is 7. The molecule has 1 aliphatic heterocycles. The van der Waals surface area contributed by atoms with E-state index in [0.29, 0.717) is 35.4 Å². The average molecular weight is 424 g/mol. The number of non-ortho nitro benzene ring substituents is 1. The summed E-state index contributed by atoms with van der Waals surface area (Å²) in [6, 6.07) is 11.1. The maximum atomic E-state index is 11.3. The number of hydrogen-bond donors (Lipinski definition) is 0. The molecule has 154 valence electrons. The molecule has 0 bridgehead atoms. The first-order valence-electron chi connectivity index (χ1n) is 9.31. The summed E-state index contributed by atoms with van der Waals surface area (Å²) in [6.45, 7) is 6.85. The van der Waals surface area contributed by atoms with E-state index >= 15 is 0 Å². The van der Waals surface area contributed by atoms with Crippen molar-refractivity contribution in [3.05, 3.63) is 75.9 Å². The van der Waals surface area contributed by atoms with Gasteiger partial charge in [-0.05, 0) is 13.0 Å². The van der Waals surface area contributed by atoms with E-state index < -0.39 is 4.92 Å². The number of thioether (sulfide) groups is 1. The van der Waals surface area contributed by atoms with Crippen LogP contribution in [0, 0.1) is 17.0 Å². The second-order valence-electron chi connectivity index (χ2n) is 6.82. The number of nitrogens with zero attached hydrogens (tertiary/aromatic N) is 4. The molecule has 0 spiro atoms. The number of rotatable bonds is 7. The number of ether oxygens (including phenoxy) is 2. The van der Waals surface area contributed by atoms with E-state index in [1.165, 1.54) is 17.8 Å². The molecule has 3 aromatic rings. The van der Waals surface area contributed by atoms with Gasteiger partial charge in [0.2, 0.25) is 0 Å². The van der Waals surface area contributed by atoms with Crippen LogP contribution < -0.4 is 4.74 Å². The van der Waals surface area contributed by atoms with Crippen molar-refractivity contribution in [2.75, 3.05) is 6.79 Å². The van der Waals surface area contributed by atoms with Crippen molar-refractivity contribution < 1.29 is 14.4 Å². The fourth-order valence-corrected chi connectivity index (χ4v) is 4.24. The number of fused-ring (bicyclic) bond motifs is 1. The Morgan fingerprint density at radius 1 is 1.33 bits per heavy atom. The maximum Gasteiger partial charge on any atom is 0.270 e. The van der Waals surface area contributed by atoms with Gasteiger partial charge in [-0.15, -0.1) is 16.8 Å². The monoisotopic (exact) mass is 424 g/mol. The van der Waals surface area contributed by atoms with E-state index in [1.54, 1.807) is 12.1 Å². The van der Waals surface area contributed by atoms with Crippen molar-refractivity contribution in [3.8, 4) is 17.1 Å². The van der Waals surface area contributed by atoms with Gasteiger partial charge in [0, 0.05) is 41.1 Å². The van der Waals surface area contributed by atoms with Gasteiger partial charge in [-0.1, -0.05) is 41.6 Å². The van der Waals surface area contributed by atoms with Crippen LogP contribution in [0.3, 0.4) is 0 Å². The van der Waals surface area contributed by atoms with Crippen LogP contribution in [0.15, 0.2) is 54.2 Å². The molecule has 0 N–H and O–H groups in total. The van der Waals surface area contributed by atoms with E-state index in [-0.39, 0.29) is 12.5 Å². The predicted octanol–water partition coefficient (Wildman–Crippen LogP) is 4.51. The third-order valence-corrected chi connectivity index (χ3v) is 5.66. The van der Waals surface area contributed by atoms with Crippen LogP contribution in [-0.4, -0.2) is 26.5 Å². The van der Waals surface area contributed by atoms with Gasteiger partial charge >= 0.3 is 0 Å². The van der Waals surface area contributed by atoms with E-state index in [9.17, 15) is 10.1 Å². The molecule has 0 saturated heterocycles. The lowest BCUT2D eigenvalue weighted by Crippen LogP contribution is -2.13. The number of aromatic nitrogens is 3. The molecule has 4 rings (SSSR count). The standard InChI is InChI=1S/C21H20N4O4S/c1-3-7-24-20(15-6-4-5-14(2)8-15)22-23-21(24)30-12-17-10-18(25(26)27)9-16-11-28-13-29-19(16)17/h3-6,8-10H,1,7,11-13H2,2H3. The van der Waals surface area contributed by atoms with Gasteiger partial charge in [-0.3, -0.25) is 14.7 Å². The van der Waals surface area contributed by atoms with Crippen molar-refractivity contribution >= 4 is 17.4 Å². The highest BCUT2D eigenvalue weighted by Gasteiger charge is 2.22. The van der Waals surface area contributed by atoms with Gasteiger partial charge in [0.25, 0.3) is 5.69 Å². The smallest absolute Gasteiger partial charge is 0.270 e. The number of nitro groups is 1. The SMILES string of the molecule is C=CCn1c(SCc2cc([N+](=O)[O-])cc3c2OCOC3)nnc1-c1cccc(C)c1. The Labute approximate surface area is 177 Å². The second kappa shape index (κ2) is 8.68. The molecule has 2 heterocycles. The van der Waals surface area contributed by atoms with Gasteiger partial charge < -0.3 is 9.47 Å². The molecule has 1 aromatic heterocycles. The summed E-state index contributed by atoms with van der Waals surface area (Å²) in [5.41, 5.74) is 3.55. The minimum absolute atomic E-state index is 0.0199. The summed E-state index contributed by atoms with van der Waals surface area (Å²) in [4.78, 5) is 10.9. The molecule has 0 unspecified atom stereocenters. The van der Waals surface area contributed by atoms with Gasteiger partial charge in [0.05, 0.1) is 11.5 Å². The summed E-state index contributed by atoms with van der Waals surface area (Å²) in [7, 11) is 0. The minimum Gasteiger partial charge on any atom is -0.467 e. The Kier molecular flexibility index (Phi) is 5.82. The lowest BCUT2D eigenvalue weighted by atomic mass is 10.1. The first-order chi connectivity index (χ1) is 14.6. The molecular formula is C21H20N4O4S. The summed E-state index contributed by atoms with van der Waals surface area (Å²) >= 11 is 1.45. The van der Waals surface area contributed by atoms with Crippen LogP contribution in [0.25, 0.3) is 11.4 Å². The zero-order valence-corrected chi connectivity index (χ0v) is 17.2. The molecule has 0 fully saturated rings. The van der Waals surface area contributed by atoms with Crippen LogP contribution in [0.4, 0.5) is 5.69 Å². The van der Waals surface area contributed by atoms with Gasteiger partial charge in [-0.25, -0.2) is 0 Å². The second-order valence-corrected chi connectivity index (χ2v) is 7.77. The average Bonchev–Trinajstić information content (AvgIpc) is 3.14. The number of aryl methyl sites for hydroxylation is 1. The Balaban J connectivity index is 1.65. The zero-order chi connectivity index (χ0) is 21.1. The largest absolute Gasteiger partial charge is 0.467 e. The highest BCUT2D eigenvalue weighted by molar-refractivity contribution is 7.98. The normalized spacial score (nSPS) is 12.8. The summed E-state index contributed by atoms with van der Waals surface area (Å²) < 4.78 is 12.9. The lowest BCUT2D eigenvalue weighted by Gasteiger charge is -2.20. The van der Waals surface area contributed by atoms with E-state index in [0.717, 1.165) is 22.5 Å². The van der Waals surface area contributed by atoms with Crippen molar-refractivity contribution in [3.63, 3.8) is 0 Å². The van der Waals surface area contributed by atoms with Crippen molar-refractivity contribution in [2.24, 2.45) is 0 Å². The van der Waals surface area contributed by atoms with Crippen molar-refractivity contribution in [1.82, 2.24) is 14.8 Å². The Hall–Kier alpha value is -3.17. The highest BCUT2D eigenvalue weighted by atomic mass is 32.2.